The van der Waals surface area contributed by atoms with E-state index in [2.05, 4.69) is 33.0 Å². The number of carbonyl (C=O) groups is 7. The van der Waals surface area contributed by atoms with Crippen LogP contribution in [0, 0.1) is 70.5 Å². The molecule has 15 aliphatic rings. The number of esters is 6. The summed E-state index contributed by atoms with van der Waals surface area (Å²) in [6, 6.07) is 0. The van der Waals surface area contributed by atoms with Gasteiger partial charge in [0.1, 0.15) is 31.0 Å². The minimum absolute atomic E-state index is 0.0469. The van der Waals surface area contributed by atoms with Crippen LogP contribution < -0.4 is 5.32 Å². The van der Waals surface area contributed by atoms with Crippen LogP contribution in [0.4, 0.5) is 4.79 Å². The lowest BCUT2D eigenvalue weighted by Crippen LogP contribution is -2.74. The highest BCUT2D eigenvalue weighted by Gasteiger charge is 2.76. The van der Waals surface area contributed by atoms with Crippen molar-refractivity contribution in [3.05, 3.63) is 0 Å². The Kier molecular flexibility index (Phi) is 19.0. The van der Waals surface area contributed by atoms with Crippen LogP contribution >= 0.6 is 0 Å². The van der Waals surface area contributed by atoms with E-state index >= 15 is 0 Å². The molecule has 0 aromatic heterocycles. The zero-order valence-corrected chi connectivity index (χ0v) is 56.8. The molecule has 0 unspecified atom stereocenters. The molecule has 1 amide bonds. The van der Waals surface area contributed by atoms with Crippen molar-refractivity contribution in [2.24, 2.45) is 70.5 Å². The lowest BCUT2D eigenvalue weighted by atomic mass is 9.50. The van der Waals surface area contributed by atoms with Crippen LogP contribution in [0.25, 0.3) is 0 Å². The second kappa shape index (κ2) is 25.7. The SMILES string of the molecule is C[C@H]1[C@H](OC(=O)CCC(=O)OCC(COC(=O)CCC(=O)O[C@@H]2O[C@@H]3O[C@@]4(C)CC[C@H]5[C@H](C)CC[C@@H]([C@H]2C)[C@@]35OO4)(COC(=O)CCC(=O)O[C@@H]2O[C@@H]3O[C@@]4(C)CC[C@H]5[C@H](C)CC[C@@](C)([C@H]2C)[C@@]35OO4)NC(=O)OC(C)(C)C)O[C@@H]2O[C@@]3(C)CC[C@H]4[C@H](C)CC[C@@H]1[C@@]24OO3. The minimum atomic E-state index is -2.09. The predicted molar refractivity (Wildman–Crippen MR) is 316 cm³/mol. The van der Waals surface area contributed by atoms with Crippen molar-refractivity contribution in [2.45, 2.75) is 289 Å². The second-order valence-electron chi connectivity index (χ2n) is 31.3. The maximum absolute atomic E-state index is 13.8. The summed E-state index contributed by atoms with van der Waals surface area (Å²) >= 11 is 0. The maximum atomic E-state index is 13.8. The van der Waals surface area contributed by atoms with Gasteiger partial charge in [0.05, 0.1) is 38.5 Å². The molecular weight excluding hydrogens is 1230 g/mol. The summed E-state index contributed by atoms with van der Waals surface area (Å²) in [6.45, 7) is 22.2. The van der Waals surface area contributed by atoms with Crippen LogP contribution in [0.3, 0.4) is 0 Å². The summed E-state index contributed by atoms with van der Waals surface area (Å²) in [5, 5.41) is 2.60. The molecule has 12 saturated heterocycles. The van der Waals surface area contributed by atoms with Gasteiger partial charge in [0.15, 0.2) is 35.7 Å². The molecule has 27 nitrogen and oxygen atoms in total. The first-order valence-electron chi connectivity index (χ1n) is 34.4. The number of carbonyl (C=O) groups excluding carboxylic acids is 7. The van der Waals surface area contributed by atoms with Gasteiger partial charge in [0.25, 0.3) is 0 Å². The number of nitrogens with one attached hydrogen (secondary N) is 1. The standard InChI is InChI=1S/C67H99NO26/c1-35-14-16-44-38(4)52(82-55-65(44)41(35)25-29-61(11,85-55)89-92-65)79-49(72)21-18-46(69)76-32-64(68-58(75)88-59(7,8)9,33-77-47(70)19-22-50(73)80-53-39(5)45-17-15-36(2)42-26-30-62(12)86-56(83-53)66(42,45)93-90-62)34-78-48(71)20-23-51(74)81-54-40(6)60(10)28-24-37(3)43-27-31-63(13)87-57(84-54)67(43,60)94-91-63/h35-45,52-57H,14-34H2,1-13H3,(H,68,75)/t35-,36-,37-,38-,39-,40+,41+,42+,43+,44+,45+,52-,53-,54-,55-,56-,57-,60+,61-,62-,63-,65-,66-,67+/m1/s1. The third kappa shape index (κ3) is 12.7. The fraction of sp³-hybridized carbons (Fsp3) is 0.896. The van der Waals surface area contributed by atoms with Crippen LogP contribution in [-0.4, -0.2) is 145 Å². The highest BCUT2D eigenvalue weighted by molar-refractivity contribution is 5.79. The van der Waals surface area contributed by atoms with Gasteiger partial charge in [0.2, 0.25) is 36.2 Å². The lowest BCUT2D eigenvalue weighted by Gasteiger charge is -2.65. The molecule has 0 aromatic carbocycles. The summed E-state index contributed by atoms with van der Waals surface area (Å²) in [5.41, 5.74) is -6.55. The molecule has 27 heteroatoms. The first kappa shape index (κ1) is 69.5. The van der Waals surface area contributed by atoms with Crippen molar-refractivity contribution in [3.63, 3.8) is 0 Å². The Morgan fingerprint density at radius 2 is 0.809 bits per heavy atom. The highest BCUT2D eigenvalue weighted by atomic mass is 17.3. The van der Waals surface area contributed by atoms with E-state index in [1.165, 1.54) is 0 Å². The van der Waals surface area contributed by atoms with Crippen molar-refractivity contribution >= 4 is 41.9 Å². The monoisotopic (exact) mass is 1330 g/mol. The van der Waals surface area contributed by atoms with Crippen molar-refractivity contribution in [1.82, 2.24) is 5.32 Å². The Bertz CT molecular complexity index is 2780. The van der Waals surface area contributed by atoms with Crippen molar-refractivity contribution < 1.29 is 124 Å². The third-order valence-corrected chi connectivity index (χ3v) is 23.7. The first-order valence-corrected chi connectivity index (χ1v) is 34.4. The third-order valence-electron chi connectivity index (χ3n) is 23.7. The summed E-state index contributed by atoms with van der Waals surface area (Å²) in [7, 11) is 0. The quantitative estimate of drug-likeness (QED) is 0.0717. The van der Waals surface area contributed by atoms with Gasteiger partial charge in [-0.2, -0.15) is 0 Å². The van der Waals surface area contributed by atoms with E-state index in [1.54, 1.807) is 41.5 Å². The van der Waals surface area contributed by atoms with Crippen LogP contribution in [0.5, 0.6) is 0 Å². The molecule has 12 aliphatic heterocycles. The topological polar surface area (TPSA) is 307 Å². The summed E-state index contributed by atoms with van der Waals surface area (Å²) in [5.74, 6) is -8.66. The Hall–Kier alpha value is -4.39. The van der Waals surface area contributed by atoms with Gasteiger partial charge in [-0.05, 0) is 135 Å². The zero-order valence-electron chi connectivity index (χ0n) is 56.8. The number of hydrogen-bond donors (Lipinski definition) is 1. The van der Waals surface area contributed by atoms with Gasteiger partial charge in [0, 0.05) is 54.3 Å². The zero-order chi connectivity index (χ0) is 67.3. The van der Waals surface area contributed by atoms with Crippen molar-refractivity contribution in [2.75, 3.05) is 19.8 Å². The maximum Gasteiger partial charge on any atom is 0.408 e. The molecule has 0 radical (unpaired) electrons. The first-order chi connectivity index (χ1) is 44.3. The van der Waals surface area contributed by atoms with Gasteiger partial charge in [-0.15, -0.1) is 0 Å². The molecule has 3 aliphatic carbocycles. The Morgan fingerprint density at radius 3 is 1.26 bits per heavy atom. The number of ether oxygens (including phenoxy) is 13. The molecule has 12 heterocycles. The smallest absolute Gasteiger partial charge is 0.408 e. The van der Waals surface area contributed by atoms with Gasteiger partial charge < -0.3 is 66.9 Å². The average Bonchev–Trinajstić information content (AvgIpc) is 1.26. The number of rotatable bonds is 19. The van der Waals surface area contributed by atoms with Gasteiger partial charge >= 0.3 is 41.9 Å². The molecule has 3 saturated carbocycles. The highest BCUT2D eigenvalue weighted by Crippen LogP contribution is 2.67. The van der Waals surface area contributed by atoms with Crippen molar-refractivity contribution in [3.8, 4) is 0 Å². The molecule has 3 spiro atoms. The van der Waals surface area contributed by atoms with E-state index in [4.69, 9.17) is 90.9 Å². The predicted octanol–water partition coefficient (Wildman–Crippen LogP) is 8.86. The van der Waals surface area contributed by atoms with Gasteiger partial charge in [-0.3, -0.25) is 28.8 Å². The molecule has 0 aromatic rings. The van der Waals surface area contributed by atoms with Crippen LogP contribution in [-0.2, 0) is 120 Å². The van der Waals surface area contributed by atoms with Crippen LogP contribution in [0.2, 0.25) is 0 Å². The molecule has 6 bridgehead atoms. The number of fused-ring (bicyclic) bond motifs is 6. The summed E-state index contributed by atoms with van der Waals surface area (Å²) < 4.78 is 79.3. The molecule has 1 N–H and O–H groups in total. The molecule has 94 heavy (non-hydrogen) atoms. The average molecular weight is 1330 g/mol. The van der Waals surface area contributed by atoms with E-state index in [0.29, 0.717) is 31.1 Å². The Morgan fingerprint density at radius 1 is 0.426 bits per heavy atom. The van der Waals surface area contributed by atoms with Crippen LogP contribution in [0.1, 0.15) is 206 Å². The molecule has 15 fully saturated rings. The van der Waals surface area contributed by atoms with E-state index in [9.17, 15) is 33.6 Å². The Balaban J connectivity index is 0.702. The minimum Gasteiger partial charge on any atom is -0.463 e. The number of hydrogen-bond acceptors (Lipinski definition) is 26. The second-order valence-corrected chi connectivity index (χ2v) is 31.3. The summed E-state index contributed by atoms with van der Waals surface area (Å²) in [6.07, 6.45) is -0.789. The number of alkyl carbamates (subject to hydrolysis) is 1. The molecular formula is C67H99NO26. The lowest BCUT2D eigenvalue weighted by molar-refractivity contribution is -0.586. The van der Waals surface area contributed by atoms with E-state index in [-0.39, 0.29) is 47.3 Å². The van der Waals surface area contributed by atoms with E-state index in [1.807, 2.05) is 20.8 Å². The van der Waals surface area contributed by atoms with E-state index < -0.39 is 195 Å². The molecule has 528 valence electrons. The fourth-order valence-corrected chi connectivity index (χ4v) is 18.1. The fourth-order valence-electron chi connectivity index (χ4n) is 18.1. The van der Waals surface area contributed by atoms with E-state index in [0.717, 1.165) is 57.8 Å². The largest absolute Gasteiger partial charge is 0.463 e. The van der Waals surface area contributed by atoms with Gasteiger partial charge in [-0.1, -0.05) is 48.5 Å². The normalized spacial score (nSPS) is 45.2. The van der Waals surface area contributed by atoms with Crippen molar-refractivity contribution in [1.29, 1.82) is 0 Å². The Labute approximate surface area is 548 Å². The number of amides is 1. The molecule has 24 atom stereocenters. The summed E-state index contributed by atoms with van der Waals surface area (Å²) in [4.78, 5) is 133. The molecule has 15 rings (SSSR count). The van der Waals surface area contributed by atoms with Crippen LogP contribution in [0.15, 0.2) is 0 Å². The van der Waals surface area contributed by atoms with Gasteiger partial charge in [-0.25, -0.2) is 34.1 Å².